The molecule has 0 bridgehead atoms. The summed E-state index contributed by atoms with van der Waals surface area (Å²) in [7, 11) is -0.568. The minimum Gasteiger partial charge on any atom is -0.340 e. The number of hydrogen-bond donors (Lipinski definition) is 0. The summed E-state index contributed by atoms with van der Waals surface area (Å²) in [6, 6.07) is 12.7. The van der Waals surface area contributed by atoms with E-state index in [2.05, 4.69) is 6.07 Å². The summed E-state index contributed by atoms with van der Waals surface area (Å²) in [6.07, 6.45) is 0. The molecule has 0 fully saturated rings. The number of sulfonamides is 1. The summed E-state index contributed by atoms with van der Waals surface area (Å²) in [5.41, 5.74) is 4.32. The van der Waals surface area contributed by atoms with Gasteiger partial charge in [-0.3, -0.25) is 4.79 Å². The number of carbonyl (C=O) groups excluding carboxylic acids is 1. The molecule has 0 radical (unpaired) electrons. The van der Waals surface area contributed by atoms with Crippen LogP contribution >= 0.6 is 0 Å². The fourth-order valence-electron chi connectivity index (χ4n) is 2.65. The van der Waals surface area contributed by atoms with Gasteiger partial charge in [-0.15, -0.1) is 0 Å². The second-order valence-electron chi connectivity index (χ2n) is 6.75. The quantitative estimate of drug-likeness (QED) is 0.781. The van der Waals surface area contributed by atoms with Crippen LogP contribution in [0.5, 0.6) is 0 Å². The number of benzene rings is 2. The summed E-state index contributed by atoms with van der Waals surface area (Å²) in [5, 5.41) is 0. The lowest BCUT2D eigenvalue weighted by molar-refractivity contribution is -0.130. The Balaban J connectivity index is 2.06. The molecule has 0 aliphatic rings. The van der Waals surface area contributed by atoms with E-state index in [0.717, 1.165) is 21.0 Å². The van der Waals surface area contributed by atoms with E-state index in [1.54, 1.807) is 36.2 Å². The van der Waals surface area contributed by atoms with E-state index >= 15 is 0 Å². The second-order valence-corrected chi connectivity index (χ2v) is 8.80. The standard InChI is InChI=1S/C20H26N2O3S/c1-15-7-10-19(11-8-15)26(24,25)22(5)14-20(23)21(4)13-18-9-6-16(2)12-17(18)3/h6-12H,13-14H2,1-5H3. The van der Waals surface area contributed by atoms with Crippen LogP contribution in [0.15, 0.2) is 47.4 Å². The van der Waals surface area contributed by atoms with E-state index in [4.69, 9.17) is 0 Å². The van der Waals surface area contributed by atoms with E-state index in [0.29, 0.717) is 6.54 Å². The Kier molecular flexibility index (Phi) is 6.21. The normalized spacial score (nSPS) is 11.6. The van der Waals surface area contributed by atoms with Crippen LogP contribution in [0.4, 0.5) is 0 Å². The first-order valence-electron chi connectivity index (χ1n) is 8.44. The number of nitrogens with zero attached hydrogens (tertiary/aromatic N) is 2. The molecule has 0 aliphatic heterocycles. The van der Waals surface area contributed by atoms with Gasteiger partial charge in [0.15, 0.2) is 0 Å². The van der Waals surface area contributed by atoms with Crippen molar-refractivity contribution in [1.82, 2.24) is 9.21 Å². The van der Waals surface area contributed by atoms with Gasteiger partial charge in [0.25, 0.3) is 0 Å². The van der Waals surface area contributed by atoms with Crippen LogP contribution < -0.4 is 0 Å². The fourth-order valence-corrected chi connectivity index (χ4v) is 3.77. The van der Waals surface area contributed by atoms with E-state index in [-0.39, 0.29) is 17.3 Å². The number of amides is 1. The van der Waals surface area contributed by atoms with Gasteiger partial charge in [-0.2, -0.15) is 4.31 Å². The Hall–Kier alpha value is -2.18. The fraction of sp³-hybridized carbons (Fsp3) is 0.350. The first-order valence-corrected chi connectivity index (χ1v) is 9.88. The average Bonchev–Trinajstić information content (AvgIpc) is 2.57. The first kappa shape index (κ1) is 20.1. The SMILES string of the molecule is Cc1ccc(S(=O)(=O)N(C)CC(=O)N(C)Cc2ccc(C)cc2C)cc1. The summed E-state index contributed by atoms with van der Waals surface area (Å²) in [6.45, 7) is 6.18. The van der Waals surface area contributed by atoms with Gasteiger partial charge >= 0.3 is 0 Å². The van der Waals surface area contributed by atoms with Gasteiger partial charge < -0.3 is 4.90 Å². The van der Waals surface area contributed by atoms with E-state index in [1.807, 2.05) is 32.9 Å². The molecule has 5 nitrogen and oxygen atoms in total. The molecule has 140 valence electrons. The maximum atomic E-state index is 12.6. The van der Waals surface area contributed by atoms with Gasteiger partial charge in [0.05, 0.1) is 11.4 Å². The van der Waals surface area contributed by atoms with Crippen LogP contribution in [0.2, 0.25) is 0 Å². The Labute approximate surface area is 156 Å². The molecule has 26 heavy (non-hydrogen) atoms. The molecule has 0 saturated heterocycles. The minimum atomic E-state index is -3.69. The zero-order chi connectivity index (χ0) is 19.5. The number of hydrogen-bond acceptors (Lipinski definition) is 3. The van der Waals surface area contributed by atoms with Crippen LogP contribution in [-0.2, 0) is 21.4 Å². The predicted octanol–water partition coefficient (Wildman–Crippen LogP) is 2.89. The molecule has 0 aromatic heterocycles. The van der Waals surface area contributed by atoms with Gasteiger partial charge in [0, 0.05) is 20.6 Å². The molecular weight excluding hydrogens is 348 g/mol. The molecule has 0 aliphatic carbocycles. The van der Waals surface area contributed by atoms with Crippen molar-refractivity contribution < 1.29 is 13.2 Å². The van der Waals surface area contributed by atoms with Crippen molar-refractivity contribution in [2.24, 2.45) is 0 Å². The van der Waals surface area contributed by atoms with E-state index in [1.165, 1.54) is 12.6 Å². The van der Waals surface area contributed by atoms with Gasteiger partial charge in [0.2, 0.25) is 15.9 Å². The number of likely N-dealkylation sites (N-methyl/N-ethyl adjacent to an activating group) is 2. The highest BCUT2D eigenvalue weighted by Crippen LogP contribution is 2.16. The molecule has 2 rings (SSSR count). The van der Waals surface area contributed by atoms with Crippen LogP contribution in [-0.4, -0.2) is 44.2 Å². The Morgan fingerprint density at radius 2 is 1.50 bits per heavy atom. The Bertz CT molecular complexity index is 890. The second kappa shape index (κ2) is 8.01. The van der Waals surface area contributed by atoms with Crippen molar-refractivity contribution >= 4 is 15.9 Å². The predicted molar refractivity (Wildman–Crippen MR) is 103 cm³/mol. The van der Waals surface area contributed by atoms with Crippen LogP contribution in [0, 0.1) is 20.8 Å². The Morgan fingerprint density at radius 1 is 0.923 bits per heavy atom. The van der Waals surface area contributed by atoms with Crippen LogP contribution in [0.25, 0.3) is 0 Å². The molecular formula is C20H26N2O3S. The third-order valence-electron chi connectivity index (χ3n) is 4.42. The van der Waals surface area contributed by atoms with E-state index < -0.39 is 10.0 Å². The van der Waals surface area contributed by atoms with Gasteiger partial charge in [-0.05, 0) is 44.0 Å². The lowest BCUT2D eigenvalue weighted by atomic mass is 10.1. The maximum Gasteiger partial charge on any atom is 0.243 e. The maximum absolute atomic E-state index is 12.6. The number of carbonyl (C=O) groups is 1. The van der Waals surface area contributed by atoms with Gasteiger partial charge in [-0.1, -0.05) is 41.5 Å². The largest absolute Gasteiger partial charge is 0.340 e. The molecule has 0 unspecified atom stereocenters. The monoisotopic (exact) mass is 374 g/mol. The highest BCUT2D eigenvalue weighted by molar-refractivity contribution is 7.89. The van der Waals surface area contributed by atoms with Crippen LogP contribution in [0.1, 0.15) is 22.3 Å². The number of rotatable bonds is 6. The molecule has 6 heteroatoms. The molecule has 0 saturated carbocycles. The molecule has 0 spiro atoms. The lowest BCUT2D eigenvalue weighted by Gasteiger charge is -2.22. The highest BCUT2D eigenvalue weighted by atomic mass is 32.2. The highest BCUT2D eigenvalue weighted by Gasteiger charge is 2.24. The third kappa shape index (κ3) is 4.71. The number of aryl methyl sites for hydroxylation is 3. The van der Waals surface area contributed by atoms with Crippen molar-refractivity contribution in [3.63, 3.8) is 0 Å². The molecule has 0 atom stereocenters. The summed E-state index contributed by atoms with van der Waals surface area (Å²) in [5.74, 6) is -0.247. The summed E-state index contributed by atoms with van der Waals surface area (Å²) in [4.78, 5) is 14.2. The van der Waals surface area contributed by atoms with Crippen molar-refractivity contribution in [3.8, 4) is 0 Å². The third-order valence-corrected chi connectivity index (χ3v) is 6.24. The molecule has 2 aromatic rings. The Morgan fingerprint density at radius 3 is 2.08 bits per heavy atom. The van der Waals surface area contributed by atoms with E-state index in [9.17, 15) is 13.2 Å². The molecule has 2 aromatic carbocycles. The zero-order valence-electron chi connectivity index (χ0n) is 16.0. The zero-order valence-corrected chi connectivity index (χ0v) is 16.8. The first-order chi connectivity index (χ1) is 12.1. The van der Waals surface area contributed by atoms with Gasteiger partial charge in [0.1, 0.15) is 0 Å². The molecule has 0 heterocycles. The minimum absolute atomic E-state index is 0.190. The summed E-state index contributed by atoms with van der Waals surface area (Å²) >= 11 is 0. The van der Waals surface area contributed by atoms with Gasteiger partial charge in [-0.25, -0.2) is 8.42 Å². The van der Waals surface area contributed by atoms with Crippen molar-refractivity contribution in [3.05, 3.63) is 64.7 Å². The molecule has 0 N–H and O–H groups in total. The topological polar surface area (TPSA) is 57.7 Å². The molecule has 1 amide bonds. The van der Waals surface area contributed by atoms with Crippen molar-refractivity contribution in [2.75, 3.05) is 20.6 Å². The smallest absolute Gasteiger partial charge is 0.243 e. The van der Waals surface area contributed by atoms with Crippen molar-refractivity contribution in [1.29, 1.82) is 0 Å². The van der Waals surface area contributed by atoms with Crippen molar-refractivity contribution in [2.45, 2.75) is 32.2 Å². The summed E-state index contributed by atoms with van der Waals surface area (Å²) < 4.78 is 26.3. The van der Waals surface area contributed by atoms with Crippen LogP contribution in [0.3, 0.4) is 0 Å². The lowest BCUT2D eigenvalue weighted by Crippen LogP contribution is -2.39. The average molecular weight is 375 g/mol.